The van der Waals surface area contributed by atoms with E-state index in [1.54, 1.807) is 7.11 Å². The zero-order chi connectivity index (χ0) is 24.3. The average molecular weight is 472 g/mol. The van der Waals surface area contributed by atoms with Crippen LogP contribution in [-0.4, -0.2) is 35.7 Å². The molecule has 4 aromatic rings. The van der Waals surface area contributed by atoms with E-state index in [1.165, 1.54) is 0 Å². The quantitative estimate of drug-likeness (QED) is 0.272. The zero-order valence-electron chi connectivity index (χ0n) is 20.3. The molecule has 6 nitrogen and oxygen atoms in total. The first-order valence-electron chi connectivity index (χ1n) is 12.2. The van der Waals surface area contributed by atoms with E-state index < -0.39 is 0 Å². The smallest absolute Gasteiger partial charge is 0.224 e. The summed E-state index contributed by atoms with van der Waals surface area (Å²) < 4.78 is 13.7. The number of nitrogens with zero attached hydrogens (tertiary/aromatic N) is 2. The Bertz CT molecular complexity index is 1220. The number of amides is 1. The molecule has 0 saturated heterocycles. The van der Waals surface area contributed by atoms with E-state index in [4.69, 9.17) is 14.5 Å². The SMILES string of the molecule is COc1ccccc1OCCn1c(CCCCCNC(=O)Cc2ccccc2)nc2ccccc21. The van der Waals surface area contributed by atoms with Gasteiger partial charge in [-0.15, -0.1) is 0 Å². The van der Waals surface area contributed by atoms with Crippen molar-refractivity contribution in [3.63, 3.8) is 0 Å². The van der Waals surface area contributed by atoms with Gasteiger partial charge in [0.25, 0.3) is 0 Å². The summed E-state index contributed by atoms with van der Waals surface area (Å²) in [6.45, 7) is 1.94. The van der Waals surface area contributed by atoms with Crippen LogP contribution in [0.2, 0.25) is 0 Å². The van der Waals surface area contributed by atoms with Crippen LogP contribution in [0.3, 0.4) is 0 Å². The molecule has 6 heteroatoms. The summed E-state index contributed by atoms with van der Waals surface area (Å²) in [5.41, 5.74) is 3.17. The Labute approximate surface area is 206 Å². The molecule has 1 amide bonds. The lowest BCUT2D eigenvalue weighted by molar-refractivity contribution is -0.120. The zero-order valence-corrected chi connectivity index (χ0v) is 20.3. The van der Waals surface area contributed by atoms with Gasteiger partial charge in [-0.2, -0.15) is 0 Å². The van der Waals surface area contributed by atoms with Crippen LogP contribution in [0.5, 0.6) is 11.5 Å². The summed E-state index contributed by atoms with van der Waals surface area (Å²) >= 11 is 0. The van der Waals surface area contributed by atoms with Crippen LogP contribution in [-0.2, 0) is 24.2 Å². The third kappa shape index (κ3) is 6.85. The molecule has 35 heavy (non-hydrogen) atoms. The fourth-order valence-electron chi connectivity index (χ4n) is 4.21. The molecule has 1 N–H and O–H groups in total. The number of hydrogen-bond acceptors (Lipinski definition) is 4. The fraction of sp³-hybridized carbons (Fsp3) is 0.310. The second-order valence-corrected chi connectivity index (χ2v) is 8.49. The van der Waals surface area contributed by atoms with Crippen molar-refractivity contribution in [2.45, 2.75) is 38.6 Å². The molecule has 0 atom stereocenters. The Kier molecular flexibility index (Phi) is 8.76. The number of hydrogen-bond donors (Lipinski definition) is 1. The number of benzene rings is 3. The summed E-state index contributed by atoms with van der Waals surface area (Å²) in [5.74, 6) is 2.63. The van der Waals surface area contributed by atoms with Gasteiger partial charge >= 0.3 is 0 Å². The topological polar surface area (TPSA) is 65.4 Å². The van der Waals surface area contributed by atoms with Gasteiger partial charge in [-0.05, 0) is 42.7 Å². The van der Waals surface area contributed by atoms with Gasteiger partial charge in [0, 0.05) is 13.0 Å². The van der Waals surface area contributed by atoms with Crippen LogP contribution in [0.1, 0.15) is 30.7 Å². The van der Waals surface area contributed by atoms with Gasteiger partial charge < -0.3 is 19.4 Å². The van der Waals surface area contributed by atoms with Gasteiger partial charge in [-0.25, -0.2) is 4.98 Å². The lowest BCUT2D eigenvalue weighted by Crippen LogP contribution is -2.26. The van der Waals surface area contributed by atoms with Crippen molar-refractivity contribution in [3.8, 4) is 11.5 Å². The van der Waals surface area contributed by atoms with Crippen LogP contribution >= 0.6 is 0 Å². The van der Waals surface area contributed by atoms with Crippen molar-refractivity contribution >= 4 is 16.9 Å². The Hall–Kier alpha value is -3.80. The standard InChI is InChI=1S/C29H33N3O3/c1-34-26-16-9-10-17-27(26)35-21-20-32-25-15-8-7-14-24(25)31-28(32)18-6-3-11-19-30-29(33)22-23-12-4-2-5-13-23/h2,4-5,7-10,12-17H,3,6,11,18-22H2,1H3,(H,30,33). The molecule has 0 spiro atoms. The van der Waals surface area contributed by atoms with Crippen LogP contribution < -0.4 is 14.8 Å². The van der Waals surface area contributed by atoms with Gasteiger partial charge in [0.2, 0.25) is 5.91 Å². The summed E-state index contributed by atoms with van der Waals surface area (Å²) in [6.07, 6.45) is 4.33. The van der Waals surface area contributed by atoms with Crippen molar-refractivity contribution in [1.29, 1.82) is 0 Å². The van der Waals surface area contributed by atoms with Gasteiger partial charge in [0.1, 0.15) is 12.4 Å². The molecule has 0 bridgehead atoms. The number of aryl methyl sites for hydroxylation is 1. The molecule has 0 fully saturated rings. The Morgan fingerprint density at radius 2 is 1.63 bits per heavy atom. The van der Waals surface area contributed by atoms with Crippen LogP contribution in [0.4, 0.5) is 0 Å². The highest BCUT2D eigenvalue weighted by atomic mass is 16.5. The number of unbranched alkanes of at least 4 members (excludes halogenated alkanes) is 2. The van der Waals surface area contributed by atoms with Gasteiger partial charge in [0.05, 0.1) is 31.1 Å². The third-order valence-electron chi connectivity index (χ3n) is 5.98. The van der Waals surface area contributed by atoms with E-state index in [-0.39, 0.29) is 5.91 Å². The molecule has 4 rings (SSSR count). The second kappa shape index (κ2) is 12.6. The third-order valence-corrected chi connectivity index (χ3v) is 5.98. The molecule has 0 aliphatic heterocycles. The Morgan fingerprint density at radius 3 is 2.46 bits per heavy atom. The number of methoxy groups -OCH3 is 1. The number of carbonyl (C=O) groups excluding carboxylic acids is 1. The molecule has 0 unspecified atom stereocenters. The average Bonchev–Trinajstić information content (AvgIpc) is 3.24. The molecular formula is C29H33N3O3. The van der Waals surface area contributed by atoms with E-state index in [0.29, 0.717) is 26.1 Å². The number of carbonyl (C=O) groups is 1. The van der Waals surface area contributed by atoms with Crippen molar-refractivity contribution in [3.05, 3.63) is 90.3 Å². The molecule has 3 aromatic carbocycles. The molecule has 0 radical (unpaired) electrons. The highest BCUT2D eigenvalue weighted by Crippen LogP contribution is 2.26. The summed E-state index contributed by atoms with van der Waals surface area (Å²) in [5, 5.41) is 3.03. The first-order valence-corrected chi connectivity index (χ1v) is 12.2. The Morgan fingerprint density at radius 1 is 0.886 bits per heavy atom. The van der Waals surface area contributed by atoms with E-state index in [9.17, 15) is 4.79 Å². The van der Waals surface area contributed by atoms with Gasteiger partial charge in [-0.1, -0.05) is 61.0 Å². The predicted molar refractivity (Wildman–Crippen MR) is 139 cm³/mol. The number of fused-ring (bicyclic) bond motifs is 1. The molecule has 1 heterocycles. The minimum atomic E-state index is 0.0769. The van der Waals surface area contributed by atoms with Crippen LogP contribution in [0.25, 0.3) is 11.0 Å². The minimum absolute atomic E-state index is 0.0769. The van der Waals surface area contributed by atoms with Crippen molar-refractivity contribution < 1.29 is 14.3 Å². The van der Waals surface area contributed by atoms with Gasteiger partial charge in [0.15, 0.2) is 11.5 Å². The normalized spacial score (nSPS) is 10.9. The maximum absolute atomic E-state index is 12.1. The van der Waals surface area contributed by atoms with Gasteiger partial charge in [-0.3, -0.25) is 4.79 Å². The monoisotopic (exact) mass is 471 g/mol. The second-order valence-electron chi connectivity index (χ2n) is 8.49. The number of para-hydroxylation sites is 4. The van der Waals surface area contributed by atoms with E-state index in [0.717, 1.165) is 59.6 Å². The highest BCUT2D eigenvalue weighted by molar-refractivity contribution is 5.78. The summed E-state index contributed by atoms with van der Waals surface area (Å²) in [6, 6.07) is 25.8. The highest BCUT2D eigenvalue weighted by Gasteiger charge is 2.11. The lowest BCUT2D eigenvalue weighted by Gasteiger charge is -2.13. The molecular weight excluding hydrogens is 438 g/mol. The lowest BCUT2D eigenvalue weighted by atomic mass is 10.1. The molecule has 0 aliphatic rings. The molecule has 182 valence electrons. The van der Waals surface area contributed by atoms with Crippen molar-refractivity contribution in [2.75, 3.05) is 20.3 Å². The maximum atomic E-state index is 12.1. The van der Waals surface area contributed by atoms with E-state index >= 15 is 0 Å². The fourth-order valence-corrected chi connectivity index (χ4v) is 4.21. The predicted octanol–water partition coefficient (Wildman–Crippen LogP) is 5.20. The Balaban J connectivity index is 1.25. The molecule has 0 aliphatic carbocycles. The number of nitrogens with one attached hydrogen (secondary N) is 1. The van der Waals surface area contributed by atoms with E-state index in [1.807, 2.05) is 66.7 Å². The molecule has 1 aromatic heterocycles. The first-order chi connectivity index (χ1) is 17.2. The van der Waals surface area contributed by atoms with Crippen LogP contribution in [0.15, 0.2) is 78.9 Å². The van der Waals surface area contributed by atoms with Crippen molar-refractivity contribution in [1.82, 2.24) is 14.9 Å². The number of ether oxygens (including phenoxy) is 2. The van der Waals surface area contributed by atoms with Crippen molar-refractivity contribution in [2.24, 2.45) is 0 Å². The van der Waals surface area contributed by atoms with Crippen LogP contribution in [0, 0.1) is 0 Å². The van der Waals surface area contributed by atoms with E-state index in [2.05, 4.69) is 22.0 Å². The molecule has 0 saturated carbocycles. The summed E-state index contributed by atoms with van der Waals surface area (Å²) in [4.78, 5) is 17.0. The number of aromatic nitrogens is 2. The summed E-state index contributed by atoms with van der Waals surface area (Å²) in [7, 11) is 1.65. The number of rotatable bonds is 13. The minimum Gasteiger partial charge on any atom is -0.493 e. The number of imidazole rings is 1. The first kappa shape index (κ1) is 24.3. The largest absolute Gasteiger partial charge is 0.493 e. The maximum Gasteiger partial charge on any atom is 0.224 e.